The predicted octanol–water partition coefficient (Wildman–Crippen LogP) is 6.04. The molecule has 0 spiro atoms. The summed E-state index contributed by atoms with van der Waals surface area (Å²) >= 11 is 12.6. The number of hydroxylamine groups is 1. The molecule has 0 radical (unpaired) electrons. The number of ether oxygens (including phenoxy) is 1. The van der Waals surface area contributed by atoms with E-state index >= 15 is 0 Å². The van der Waals surface area contributed by atoms with Gasteiger partial charge in [0.15, 0.2) is 0 Å². The lowest BCUT2D eigenvalue weighted by atomic mass is 10.0. The molecule has 2 aromatic rings. The van der Waals surface area contributed by atoms with Crippen LogP contribution in [0.3, 0.4) is 0 Å². The van der Waals surface area contributed by atoms with Gasteiger partial charge in [0.05, 0.1) is 28.0 Å². The average molecular weight is 578 g/mol. The highest BCUT2D eigenvalue weighted by Gasteiger charge is 2.30. The number of hydrogen-bond donors (Lipinski definition) is 0. The smallest absolute Gasteiger partial charge is 0.434 e. The predicted molar refractivity (Wildman–Crippen MR) is 156 cm³/mol. The lowest BCUT2D eigenvalue weighted by Gasteiger charge is -2.36. The standard InChI is InChI=1S/C29H38Cl2N4O4/c1-4-34(21(2)3)29(37)39-35-26-20-23(12-10-22(26)11-13-27(35)36)38-19-6-5-14-32-15-17-33(18-16-32)25-9-7-8-24(30)28(25)31/h7-10,12,20-21H,4-6,11,13-19H2,1-3H3. The minimum atomic E-state index is -0.531. The van der Waals surface area contributed by atoms with Crippen LogP contribution in [0.1, 0.15) is 45.6 Å². The first-order valence-corrected chi connectivity index (χ1v) is 14.5. The molecule has 2 amide bonds. The maximum Gasteiger partial charge on any atom is 0.434 e. The van der Waals surface area contributed by atoms with E-state index in [-0.39, 0.29) is 11.9 Å². The van der Waals surface area contributed by atoms with Crippen molar-refractivity contribution in [1.82, 2.24) is 9.80 Å². The van der Waals surface area contributed by atoms with E-state index in [0.717, 1.165) is 61.9 Å². The van der Waals surface area contributed by atoms with E-state index in [9.17, 15) is 9.59 Å². The highest BCUT2D eigenvalue weighted by molar-refractivity contribution is 6.43. The van der Waals surface area contributed by atoms with Crippen molar-refractivity contribution < 1.29 is 19.2 Å². The van der Waals surface area contributed by atoms with Crippen LogP contribution in [-0.4, -0.2) is 73.7 Å². The summed E-state index contributed by atoms with van der Waals surface area (Å²) in [6.07, 6.45) is 2.31. The lowest BCUT2D eigenvalue weighted by Crippen LogP contribution is -2.46. The van der Waals surface area contributed by atoms with Gasteiger partial charge in [-0.1, -0.05) is 35.3 Å². The Bertz CT molecular complexity index is 1150. The van der Waals surface area contributed by atoms with Gasteiger partial charge in [0.25, 0.3) is 5.91 Å². The van der Waals surface area contributed by atoms with E-state index in [1.807, 2.05) is 51.1 Å². The molecule has 0 N–H and O–H groups in total. The molecule has 0 unspecified atom stereocenters. The summed E-state index contributed by atoms with van der Waals surface area (Å²) < 4.78 is 6.01. The Hall–Kier alpha value is -2.68. The number of nitrogens with zero attached hydrogens (tertiary/aromatic N) is 4. The van der Waals surface area contributed by atoms with Crippen molar-refractivity contribution >= 4 is 46.6 Å². The fourth-order valence-corrected chi connectivity index (χ4v) is 5.44. The number of halogens is 2. The third kappa shape index (κ3) is 7.29. The van der Waals surface area contributed by atoms with Crippen LogP contribution in [0.2, 0.25) is 10.0 Å². The van der Waals surface area contributed by atoms with Gasteiger partial charge in [-0.3, -0.25) is 9.69 Å². The van der Waals surface area contributed by atoms with Crippen molar-refractivity contribution in [3.05, 3.63) is 52.0 Å². The number of carbonyl (C=O) groups is 2. The van der Waals surface area contributed by atoms with Crippen LogP contribution in [0.5, 0.6) is 5.75 Å². The summed E-state index contributed by atoms with van der Waals surface area (Å²) in [7, 11) is 0. The molecule has 1 saturated heterocycles. The Morgan fingerprint density at radius 3 is 2.51 bits per heavy atom. The molecule has 0 bridgehead atoms. The van der Waals surface area contributed by atoms with Gasteiger partial charge in [0.2, 0.25) is 0 Å². The van der Waals surface area contributed by atoms with Crippen LogP contribution >= 0.6 is 23.2 Å². The van der Waals surface area contributed by atoms with Crippen molar-refractivity contribution in [2.45, 2.75) is 52.5 Å². The molecule has 212 valence electrons. The second-order valence-corrected chi connectivity index (χ2v) is 11.0. The Morgan fingerprint density at radius 1 is 1.03 bits per heavy atom. The monoisotopic (exact) mass is 576 g/mol. The van der Waals surface area contributed by atoms with E-state index in [2.05, 4.69) is 9.80 Å². The number of anilines is 2. The summed E-state index contributed by atoms with van der Waals surface area (Å²) in [6, 6.07) is 11.4. The number of hydrogen-bond acceptors (Lipinski definition) is 6. The summed E-state index contributed by atoms with van der Waals surface area (Å²) in [5.74, 6) is 0.429. The van der Waals surface area contributed by atoms with Crippen molar-refractivity contribution in [1.29, 1.82) is 0 Å². The fourth-order valence-electron chi connectivity index (χ4n) is 5.02. The van der Waals surface area contributed by atoms with E-state index in [1.54, 1.807) is 11.0 Å². The van der Waals surface area contributed by atoms with Crippen LogP contribution in [-0.2, 0) is 16.1 Å². The molecule has 2 aliphatic rings. The first-order valence-electron chi connectivity index (χ1n) is 13.8. The molecule has 39 heavy (non-hydrogen) atoms. The van der Waals surface area contributed by atoms with Gasteiger partial charge < -0.3 is 19.4 Å². The second-order valence-electron chi connectivity index (χ2n) is 10.2. The van der Waals surface area contributed by atoms with Crippen molar-refractivity contribution in [3.8, 4) is 5.75 Å². The molecule has 2 heterocycles. The van der Waals surface area contributed by atoms with Crippen LogP contribution < -0.4 is 14.7 Å². The van der Waals surface area contributed by atoms with E-state index in [4.69, 9.17) is 32.8 Å². The van der Waals surface area contributed by atoms with Crippen LogP contribution in [0.25, 0.3) is 0 Å². The first kappa shape index (κ1) is 29.3. The van der Waals surface area contributed by atoms with Gasteiger partial charge in [0.1, 0.15) is 5.75 Å². The van der Waals surface area contributed by atoms with Gasteiger partial charge in [-0.25, -0.2) is 4.79 Å². The molecule has 2 aliphatic heterocycles. The first-order chi connectivity index (χ1) is 18.8. The average Bonchev–Trinajstić information content (AvgIpc) is 2.92. The molecule has 8 nitrogen and oxygen atoms in total. The summed E-state index contributed by atoms with van der Waals surface area (Å²) in [5, 5.41) is 2.34. The minimum absolute atomic E-state index is 0.0261. The van der Waals surface area contributed by atoms with Gasteiger partial charge in [0, 0.05) is 51.3 Å². The molecule has 0 aliphatic carbocycles. The fraction of sp³-hybridized carbons (Fsp3) is 0.517. The minimum Gasteiger partial charge on any atom is -0.494 e. The number of aryl methyl sites for hydroxylation is 1. The Labute approximate surface area is 241 Å². The third-order valence-electron chi connectivity index (χ3n) is 7.26. The largest absolute Gasteiger partial charge is 0.494 e. The topological polar surface area (TPSA) is 65.6 Å². The SMILES string of the molecule is CCN(C(=O)ON1C(=O)CCc2ccc(OCCCCN3CCN(c4cccc(Cl)c4Cl)CC3)cc21)C(C)C. The zero-order chi connectivity index (χ0) is 27.9. The normalized spacial score (nSPS) is 15.9. The summed E-state index contributed by atoms with van der Waals surface area (Å²) in [4.78, 5) is 37.2. The Kier molecular flexibility index (Phi) is 10.2. The summed E-state index contributed by atoms with van der Waals surface area (Å²) in [5.41, 5.74) is 2.54. The highest BCUT2D eigenvalue weighted by Crippen LogP contribution is 2.34. The van der Waals surface area contributed by atoms with Gasteiger partial charge in [-0.15, -0.1) is 5.06 Å². The molecule has 10 heteroatoms. The van der Waals surface area contributed by atoms with Crippen molar-refractivity contribution in [2.24, 2.45) is 0 Å². The molecule has 0 aromatic heterocycles. The molecule has 4 rings (SSSR count). The third-order valence-corrected chi connectivity index (χ3v) is 8.07. The van der Waals surface area contributed by atoms with E-state index in [1.165, 1.54) is 0 Å². The molecule has 0 atom stereocenters. The molecular formula is C29H38Cl2N4O4. The highest BCUT2D eigenvalue weighted by atomic mass is 35.5. The zero-order valence-electron chi connectivity index (χ0n) is 23.0. The number of benzene rings is 2. The van der Waals surface area contributed by atoms with Gasteiger partial charge in [-0.05, 0) is 70.3 Å². The lowest BCUT2D eigenvalue weighted by molar-refractivity contribution is -0.124. The maximum atomic E-state index is 12.7. The van der Waals surface area contributed by atoms with Gasteiger partial charge in [-0.2, -0.15) is 0 Å². The number of rotatable bonds is 10. The number of carbonyl (C=O) groups excluding carboxylic acids is 2. The molecule has 1 fully saturated rings. The Balaban J connectivity index is 1.23. The van der Waals surface area contributed by atoms with E-state index in [0.29, 0.717) is 47.5 Å². The molecule has 0 saturated carbocycles. The number of unbranched alkanes of at least 4 members (excludes halogenated alkanes) is 1. The number of fused-ring (bicyclic) bond motifs is 1. The van der Waals surface area contributed by atoms with E-state index < -0.39 is 6.09 Å². The molecular weight excluding hydrogens is 539 g/mol. The van der Waals surface area contributed by atoms with Crippen LogP contribution in [0, 0.1) is 0 Å². The Morgan fingerprint density at radius 2 is 1.79 bits per heavy atom. The zero-order valence-corrected chi connectivity index (χ0v) is 24.5. The number of amides is 2. The second kappa shape index (κ2) is 13.6. The van der Waals surface area contributed by atoms with Crippen LogP contribution in [0.4, 0.5) is 16.2 Å². The molecule has 2 aromatic carbocycles. The van der Waals surface area contributed by atoms with Gasteiger partial charge >= 0.3 is 6.09 Å². The quantitative estimate of drug-likeness (QED) is 0.321. The maximum absolute atomic E-state index is 12.7. The van der Waals surface area contributed by atoms with Crippen molar-refractivity contribution in [2.75, 3.05) is 55.8 Å². The number of piperazine rings is 1. The van der Waals surface area contributed by atoms with Crippen LogP contribution in [0.15, 0.2) is 36.4 Å². The van der Waals surface area contributed by atoms with Crippen molar-refractivity contribution in [3.63, 3.8) is 0 Å². The summed E-state index contributed by atoms with van der Waals surface area (Å²) in [6.45, 7) is 11.6.